The van der Waals surface area contributed by atoms with Gasteiger partial charge in [-0.3, -0.25) is 9.69 Å². The van der Waals surface area contributed by atoms with Gasteiger partial charge in [0, 0.05) is 24.3 Å². The van der Waals surface area contributed by atoms with Gasteiger partial charge >= 0.3 is 12.3 Å². The van der Waals surface area contributed by atoms with Crippen molar-refractivity contribution >= 4 is 27.6 Å². The summed E-state index contributed by atoms with van der Waals surface area (Å²) in [5.74, 6) is -0.665. The van der Waals surface area contributed by atoms with Crippen molar-refractivity contribution in [1.82, 2.24) is 4.31 Å². The van der Waals surface area contributed by atoms with Gasteiger partial charge in [-0.25, -0.2) is 13.2 Å². The number of rotatable bonds is 10. The van der Waals surface area contributed by atoms with E-state index in [-0.39, 0.29) is 29.2 Å². The molecule has 1 amide bonds. The summed E-state index contributed by atoms with van der Waals surface area (Å²) in [7, 11) is -4.01. The van der Waals surface area contributed by atoms with Crippen molar-refractivity contribution in [1.29, 1.82) is 0 Å². The topological polar surface area (TPSA) is 95.0 Å². The van der Waals surface area contributed by atoms with Gasteiger partial charge in [0.05, 0.1) is 17.0 Å². The van der Waals surface area contributed by atoms with Crippen LogP contribution in [0.4, 0.5) is 23.7 Å². The number of anilines is 1. The molecule has 11 heteroatoms. The molecule has 212 valence electrons. The number of sulfonamides is 1. The Morgan fingerprint density at radius 3 is 1.63 bits per heavy atom. The number of carbonyl (C=O) groups excluding carboxylic acids is 1. The predicted molar refractivity (Wildman–Crippen MR) is 147 cm³/mol. The zero-order chi connectivity index (χ0) is 29.6. The van der Waals surface area contributed by atoms with Crippen molar-refractivity contribution in [3.8, 4) is 0 Å². The molecule has 0 aliphatic heterocycles. The molecule has 0 radical (unpaired) electrons. The molecular weight excluding hydrogens is 557 g/mol. The quantitative estimate of drug-likeness (QED) is 0.217. The Hall–Kier alpha value is -4.48. The normalized spacial score (nSPS) is 11.8. The summed E-state index contributed by atoms with van der Waals surface area (Å²) in [6.45, 7) is -0.458. The van der Waals surface area contributed by atoms with Crippen LogP contribution in [-0.4, -0.2) is 36.3 Å². The highest BCUT2D eigenvalue weighted by Gasteiger charge is 2.31. The van der Waals surface area contributed by atoms with Crippen molar-refractivity contribution in [2.75, 3.05) is 11.4 Å². The molecule has 0 saturated carbocycles. The van der Waals surface area contributed by atoms with Gasteiger partial charge in [-0.1, -0.05) is 60.7 Å². The Labute approximate surface area is 235 Å². The summed E-state index contributed by atoms with van der Waals surface area (Å²) >= 11 is 0. The summed E-state index contributed by atoms with van der Waals surface area (Å²) in [6, 6.07) is 26.7. The van der Waals surface area contributed by atoms with Gasteiger partial charge in [0.1, 0.15) is 0 Å². The zero-order valence-corrected chi connectivity index (χ0v) is 22.3. The number of alkyl halides is 3. The van der Waals surface area contributed by atoms with E-state index in [2.05, 4.69) is 0 Å². The number of halogens is 3. The number of amides is 1. The number of Topliss-reactive ketones (excluding diaryl/α,β-unsaturated/α-hetero) is 1. The van der Waals surface area contributed by atoms with E-state index in [1.807, 2.05) is 60.7 Å². The largest absolute Gasteiger partial charge is 0.465 e. The third-order valence-electron chi connectivity index (χ3n) is 6.26. The number of ketones is 1. The van der Waals surface area contributed by atoms with Crippen molar-refractivity contribution in [3.05, 3.63) is 131 Å². The maximum atomic E-state index is 13.6. The van der Waals surface area contributed by atoms with Crippen molar-refractivity contribution < 1.29 is 36.3 Å². The van der Waals surface area contributed by atoms with Crippen LogP contribution in [0, 0.1) is 0 Å². The van der Waals surface area contributed by atoms with Gasteiger partial charge in [0.2, 0.25) is 10.0 Å². The van der Waals surface area contributed by atoms with Gasteiger partial charge in [0.25, 0.3) is 0 Å². The van der Waals surface area contributed by atoms with Crippen LogP contribution in [0.15, 0.2) is 114 Å². The van der Waals surface area contributed by atoms with E-state index in [0.717, 1.165) is 35.4 Å². The fraction of sp³-hybridized carbons (Fsp3) is 0.133. The molecule has 1 N–H and O–H groups in total. The van der Waals surface area contributed by atoms with Gasteiger partial charge in [-0.15, -0.1) is 0 Å². The molecule has 0 fully saturated rings. The summed E-state index contributed by atoms with van der Waals surface area (Å²) < 4.78 is 67.2. The Morgan fingerprint density at radius 1 is 0.707 bits per heavy atom. The van der Waals surface area contributed by atoms with Crippen molar-refractivity contribution in [2.24, 2.45) is 0 Å². The number of hydrogen-bond donors (Lipinski definition) is 1. The maximum absolute atomic E-state index is 13.6. The second kappa shape index (κ2) is 12.4. The van der Waals surface area contributed by atoms with Crippen LogP contribution in [0.2, 0.25) is 0 Å². The van der Waals surface area contributed by atoms with Gasteiger partial charge in [0.15, 0.2) is 5.78 Å². The molecule has 0 bridgehead atoms. The summed E-state index contributed by atoms with van der Waals surface area (Å²) in [5, 5.41) is 9.57. The molecule has 0 unspecified atom stereocenters. The fourth-order valence-corrected chi connectivity index (χ4v) is 5.51. The lowest BCUT2D eigenvalue weighted by Gasteiger charge is -2.23. The van der Waals surface area contributed by atoms with E-state index >= 15 is 0 Å². The van der Waals surface area contributed by atoms with Crippen molar-refractivity contribution in [2.45, 2.75) is 24.2 Å². The van der Waals surface area contributed by atoms with Crippen LogP contribution in [0.1, 0.15) is 27.0 Å². The number of carboxylic acid groups (broad SMARTS) is 1. The average molecular weight is 583 g/mol. The first-order valence-corrected chi connectivity index (χ1v) is 13.8. The van der Waals surface area contributed by atoms with E-state index in [4.69, 9.17) is 0 Å². The molecular formula is C30H25F3N2O5S. The Balaban J connectivity index is 1.54. The zero-order valence-electron chi connectivity index (χ0n) is 21.5. The molecule has 0 aromatic heterocycles. The molecule has 0 atom stereocenters. The fourth-order valence-electron chi connectivity index (χ4n) is 4.10. The lowest BCUT2D eigenvalue weighted by atomic mass is 10.1. The molecule has 0 aliphatic carbocycles. The SMILES string of the molecule is O=C(CN(C(=O)O)c1ccc(C(F)(F)F)cc1)c1ccc(S(=O)(=O)N(Cc2ccccc2)Cc2ccccc2)cc1. The lowest BCUT2D eigenvalue weighted by Crippen LogP contribution is -2.34. The first kappa shape index (κ1) is 29.5. The van der Waals surface area contributed by atoms with Gasteiger partial charge in [-0.2, -0.15) is 17.5 Å². The minimum atomic E-state index is -4.59. The predicted octanol–water partition coefficient (Wildman–Crippen LogP) is 6.46. The van der Waals surface area contributed by atoms with E-state index in [1.54, 1.807) is 0 Å². The second-order valence-electron chi connectivity index (χ2n) is 9.11. The maximum Gasteiger partial charge on any atom is 0.416 e. The summed E-state index contributed by atoms with van der Waals surface area (Å²) in [4.78, 5) is 25.2. The van der Waals surface area contributed by atoms with E-state index < -0.39 is 40.2 Å². The number of benzene rings is 4. The van der Waals surface area contributed by atoms with Crippen LogP contribution in [-0.2, 0) is 29.3 Å². The van der Waals surface area contributed by atoms with Crippen LogP contribution in [0.25, 0.3) is 0 Å². The van der Waals surface area contributed by atoms with Gasteiger partial charge < -0.3 is 5.11 Å². The third-order valence-corrected chi connectivity index (χ3v) is 8.06. The highest BCUT2D eigenvalue weighted by molar-refractivity contribution is 7.89. The molecule has 7 nitrogen and oxygen atoms in total. The van der Waals surface area contributed by atoms with Crippen LogP contribution < -0.4 is 4.90 Å². The first-order valence-electron chi connectivity index (χ1n) is 12.3. The smallest absolute Gasteiger partial charge is 0.416 e. The molecule has 0 aliphatic rings. The minimum absolute atomic E-state index is 0.0415. The molecule has 4 aromatic carbocycles. The number of nitrogens with zero attached hydrogens (tertiary/aromatic N) is 2. The third kappa shape index (κ3) is 7.38. The standard InChI is InChI=1S/C30H25F3N2O5S/c31-30(32,33)25-13-15-26(16-14-25)35(29(37)38)21-28(36)24-11-17-27(18-12-24)41(39,40)34(19-22-7-3-1-4-8-22)20-23-9-5-2-6-10-23/h1-18H,19-21H2,(H,37,38). The molecule has 41 heavy (non-hydrogen) atoms. The van der Waals surface area contributed by atoms with Crippen LogP contribution >= 0.6 is 0 Å². The number of carbonyl (C=O) groups is 2. The number of hydrogen-bond acceptors (Lipinski definition) is 4. The highest BCUT2D eigenvalue weighted by Crippen LogP contribution is 2.30. The van der Waals surface area contributed by atoms with E-state index in [9.17, 15) is 36.3 Å². The Morgan fingerprint density at radius 2 is 1.20 bits per heavy atom. The first-order chi connectivity index (χ1) is 19.4. The van der Waals surface area contributed by atoms with Gasteiger partial charge in [-0.05, 0) is 59.7 Å². The van der Waals surface area contributed by atoms with Crippen LogP contribution in [0.5, 0.6) is 0 Å². The Kier molecular flexibility index (Phi) is 8.89. The monoisotopic (exact) mass is 582 g/mol. The van der Waals surface area contributed by atoms with E-state index in [1.165, 1.54) is 28.6 Å². The molecule has 0 saturated heterocycles. The summed E-state index contributed by atoms with van der Waals surface area (Å²) in [5.41, 5.74) is 0.547. The highest BCUT2D eigenvalue weighted by atomic mass is 32.2. The summed E-state index contributed by atoms with van der Waals surface area (Å²) in [6.07, 6.45) is -6.13. The minimum Gasteiger partial charge on any atom is -0.465 e. The molecule has 0 spiro atoms. The Bertz CT molecular complexity index is 1550. The molecule has 4 rings (SSSR count). The second-order valence-corrected chi connectivity index (χ2v) is 11.0. The average Bonchev–Trinajstić information content (AvgIpc) is 2.96. The molecule has 0 heterocycles. The van der Waals surface area contributed by atoms with Crippen LogP contribution in [0.3, 0.4) is 0 Å². The molecule has 4 aromatic rings. The van der Waals surface area contributed by atoms with Crippen molar-refractivity contribution in [3.63, 3.8) is 0 Å². The van der Waals surface area contributed by atoms with E-state index in [0.29, 0.717) is 4.90 Å². The lowest BCUT2D eigenvalue weighted by molar-refractivity contribution is -0.137.